The molecule has 0 saturated carbocycles. The predicted octanol–water partition coefficient (Wildman–Crippen LogP) is 1.93. The lowest BCUT2D eigenvalue weighted by molar-refractivity contribution is 0.252. The highest BCUT2D eigenvalue weighted by atomic mass is 19.1. The Bertz CT molecular complexity index is 490. The second-order valence-electron chi connectivity index (χ2n) is 4.68. The van der Waals surface area contributed by atoms with Gasteiger partial charge >= 0.3 is 5.71 Å². The van der Waals surface area contributed by atoms with Crippen LogP contribution in [0, 0.1) is 22.5 Å². The summed E-state index contributed by atoms with van der Waals surface area (Å²) in [6.07, 6.45) is 1.54. The molecule has 1 aromatic carbocycles. The van der Waals surface area contributed by atoms with Crippen LogP contribution in [0.5, 0.6) is 0 Å². The molecular formula is C13H15F2N2O+. The smallest absolute Gasteiger partial charge is 0.306 e. The van der Waals surface area contributed by atoms with Crippen molar-refractivity contribution >= 4 is 5.71 Å². The van der Waals surface area contributed by atoms with Crippen molar-refractivity contribution in [2.24, 2.45) is 5.92 Å². The molecule has 0 atom stereocenters. The van der Waals surface area contributed by atoms with Crippen LogP contribution < -0.4 is 4.85 Å². The Morgan fingerprint density at radius 2 is 2.00 bits per heavy atom. The number of nitrogens with zero attached hydrogens (tertiary/aromatic N) is 2. The number of hydrogen-bond acceptors (Lipinski definition) is 2. The van der Waals surface area contributed by atoms with Gasteiger partial charge < -0.3 is 4.90 Å². The van der Waals surface area contributed by atoms with Crippen LogP contribution in [0.15, 0.2) is 18.2 Å². The van der Waals surface area contributed by atoms with E-state index in [4.69, 9.17) is 0 Å². The number of hydrogen-bond donors (Lipinski definition) is 0. The first-order chi connectivity index (χ1) is 8.61. The van der Waals surface area contributed by atoms with Crippen molar-refractivity contribution in [3.8, 4) is 0 Å². The largest absolute Gasteiger partial charge is 0.385 e. The van der Waals surface area contributed by atoms with Crippen molar-refractivity contribution in [3.63, 3.8) is 0 Å². The van der Waals surface area contributed by atoms with Gasteiger partial charge in [0.05, 0.1) is 5.92 Å². The molecule has 0 spiro atoms. The number of halogens is 2. The molecular weight excluding hydrogens is 238 g/mol. The minimum atomic E-state index is -0.719. The molecule has 0 amide bonds. The molecule has 2 rings (SSSR count). The van der Waals surface area contributed by atoms with Crippen LogP contribution in [-0.4, -0.2) is 30.7 Å². The van der Waals surface area contributed by atoms with E-state index in [9.17, 15) is 13.7 Å². The number of piperidine rings is 1. The van der Waals surface area contributed by atoms with Gasteiger partial charge in [-0.05, 0) is 45.1 Å². The van der Waals surface area contributed by atoms with Gasteiger partial charge in [0, 0.05) is 6.07 Å². The highest BCUT2D eigenvalue weighted by Crippen LogP contribution is 2.22. The standard InChI is InChI=1S/C13H15F2N2O/c1-17-6-4-9(5-7-17)13(16-18)11-3-2-10(14)8-12(11)15/h2-3,8-9H,4-7H2,1H3/q+1. The molecule has 96 valence electrons. The topological polar surface area (TPSA) is 34.4 Å². The van der Waals surface area contributed by atoms with Gasteiger partial charge in [0.1, 0.15) is 17.2 Å². The first-order valence-electron chi connectivity index (χ1n) is 5.96. The fraction of sp³-hybridized carbons (Fsp3) is 0.462. The summed E-state index contributed by atoms with van der Waals surface area (Å²) in [7, 11) is 2.00. The van der Waals surface area contributed by atoms with E-state index in [-0.39, 0.29) is 17.2 Å². The first kappa shape index (κ1) is 12.9. The molecule has 0 unspecified atom stereocenters. The second kappa shape index (κ2) is 5.38. The molecule has 0 N–H and O–H groups in total. The summed E-state index contributed by atoms with van der Waals surface area (Å²) in [5.41, 5.74) is 0.335. The van der Waals surface area contributed by atoms with Gasteiger partial charge in [-0.15, -0.1) is 0 Å². The zero-order chi connectivity index (χ0) is 13.1. The first-order valence-corrected chi connectivity index (χ1v) is 5.96. The molecule has 0 aromatic heterocycles. The fourth-order valence-electron chi connectivity index (χ4n) is 2.32. The predicted molar refractivity (Wildman–Crippen MR) is 66.2 cm³/mol. The van der Waals surface area contributed by atoms with E-state index in [1.807, 2.05) is 7.05 Å². The van der Waals surface area contributed by atoms with Crippen LogP contribution in [-0.2, 0) is 0 Å². The van der Waals surface area contributed by atoms with E-state index in [0.717, 1.165) is 38.1 Å². The lowest BCUT2D eigenvalue weighted by Crippen LogP contribution is -2.34. The number of rotatable bonds is 2. The van der Waals surface area contributed by atoms with Crippen molar-refractivity contribution in [1.82, 2.24) is 9.75 Å². The molecule has 1 heterocycles. The minimum Gasteiger partial charge on any atom is -0.306 e. The third-order valence-electron chi connectivity index (χ3n) is 3.41. The second-order valence-corrected chi connectivity index (χ2v) is 4.68. The molecule has 1 aromatic rings. The van der Waals surface area contributed by atoms with Crippen LogP contribution in [0.2, 0.25) is 0 Å². The molecule has 3 nitrogen and oxygen atoms in total. The zero-order valence-electron chi connectivity index (χ0n) is 10.2. The molecule has 5 heteroatoms. The highest BCUT2D eigenvalue weighted by molar-refractivity contribution is 6.01. The summed E-state index contributed by atoms with van der Waals surface area (Å²) >= 11 is 0. The Morgan fingerprint density at radius 1 is 1.33 bits per heavy atom. The number of likely N-dealkylation sites (tertiary alicyclic amines) is 1. The molecule has 1 fully saturated rings. The molecule has 1 saturated heterocycles. The van der Waals surface area contributed by atoms with E-state index in [1.54, 1.807) is 0 Å². The summed E-state index contributed by atoms with van der Waals surface area (Å²) < 4.78 is 26.5. The SMILES string of the molecule is CN1CCC(C(=[N+]=O)c2ccc(F)cc2F)CC1. The van der Waals surface area contributed by atoms with Crippen LogP contribution in [0.4, 0.5) is 8.78 Å². The van der Waals surface area contributed by atoms with E-state index in [1.165, 1.54) is 6.07 Å². The van der Waals surface area contributed by atoms with Gasteiger partial charge in [-0.1, -0.05) is 0 Å². The van der Waals surface area contributed by atoms with Gasteiger partial charge in [-0.2, -0.15) is 0 Å². The van der Waals surface area contributed by atoms with E-state index < -0.39 is 11.6 Å². The Labute approximate surface area is 104 Å². The maximum Gasteiger partial charge on any atom is 0.385 e. The number of nitroso groups, excluding NO2 is 1. The lowest BCUT2D eigenvalue weighted by Gasteiger charge is -2.25. The summed E-state index contributed by atoms with van der Waals surface area (Å²) in [5.74, 6) is -1.41. The highest BCUT2D eigenvalue weighted by Gasteiger charge is 2.34. The van der Waals surface area contributed by atoms with Gasteiger partial charge in [0.2, 0.25) is 4.85 Å². The summed E-state index contributed by atoms with van der Waals surface area (Å²) in [6.45, 7) is 1.71. The maximum atomic E-state index is 13.6. The average Bonchev–Trinajstić information content (AvgIpc) is 2.35. The quantitative estimate of drug-likeness (QED) is 0.596. The monoisotopic (exact) mass is 253 g/mol. The third kappa shape index (κ3) is 2.63. The van der Waals surface area contributed by atoms with Crippen molar-refractivity contribution in [1.29, 1.82) is 0 Å². The van der Waals surface area contributed by atoms with Crippen molar-refractivity contribution in [2.75, 3.05) is 20.1 Å². The Morgan fingerprint density at radius 3 is 2.56 bits per heavy atom. The van der Waals surface area contributed by atoms with Crippen LogP contribution in [0.3, 0.4) is 0 Å². The van der Waals surface area contributed by atoms with Crippen molar-refractivity contribution in [2.45, 2.75) is 12.8 Å². The summed E-state index contributed by atoms with van der Waals surface area (Å²) in [6, 6.07) is 3.23. The Kier molecular flexibility index (Phi) is 3.84. The fourth-order valence-corrected chi connectivity index (χ4v) is 2.32. The molecule has 1 aliphatic rings. The molecule has 0 aliphatic carbocycles. The summed E-state index contributed by atoms with van der Waals surface area (Å²) in [5, 5.41) is 0. The van der Waals surface area contributed by atoms with Crippen molar-refractivity contribution < 1.29 is 8.78 Å². The zero-order valence-corrected chi connectivity index (χ0v) is 10.2. The van der Waals surface area contributed by atoms with Crippen molar-refractivity contribution in [3.05, 3.63) is 40.3 Å². The van der Waals surface area contributed by atoms with E-state index in [0.29, 0.717) is 0 Å². The van der Waals surface area contributed by atoms with Crippen LogP contribution >= 0.6 is 0 Å². The average molecular weight is 253 g/mol. The third-order valence-corrected chi connectivity index (χ3v) is 3.41. The van der Waals surface area contributed by atoms with E-state index in [2.05, 4.69) is 9.75 Å². The van der Waals surface area contributed by atoms with Crippen LogP contribution in [0.25, 0.3) is 0 Å². The van der Waals surface area contributed by atoms with Crippen LogP contribution in [0.1, 0.15) is 18.4 Å². The molecule has 1 aliphatic heterocycles. The lowest BCUT2D eigenvalue weighted by atomic mass is 9.88. The van der Waals surface area contributed by atoms with Gasteiger partial charge in [0.25, 0.3) is 0 Å². The molecule has 0 bridgehead atoms. The van der Waals surface area contributed by atoms with E-state index >= 15 is 0 Å². The Hall–Kier alpha value is -1.58. The van der Waals surface area contributed by atoms with Gasteiger partial charge in [-0.3, -0.25) is 0 Å². The van der Waals surface area contributed by atoms with Gasteiger partial charge in [0.15, 0.2) is 4.91 Å². The molecule has 0 radical (unpaired) electrons. The number of benzene rings is 1. The van der Waals surface area contributed by atoms with Gasteiger partial charge in [-0.25, -0.2) is 8.78 Å². The normalized spacial score (nSPS) is 17.5. The maximum absolute atomic E-state index is 13.6. The summed E-state index contributed by atoms with van der Waals surface area (Å²) in [4.78, 5) is 16.1. The molecule has 18 heavy (non-hydrogen) atoms. The Balaban J connectivity index is 2.26. The minimum absolute atomic E-state index is 0.0429.